The van der Waals surface area contributed by atoms with Crippen molar-refractivity contribution in [3.05, 3.63) is 69.5 Å². The van der Waals surface area contributed by atoms with E-state index in [0.717, 1.165) is 21.1 Å². The smallest absolute Gasteiger partial charge is 0.274 e. The number of nitriles is 1. The van der Waals surface area contributed by atoms with Gasteiger partial charge < -0.3 is 4.90 Å². The number of fused-ring (bicyclic) bond motifs is 2. The Kier molecular flexibility index (Phi) is 3.81. The van der Waals surface area contributed by atoms with Crippen LogP contribution in [0.3, 0.4) is 0 Å². The minimum absolute atomic E-state index is 0.0823. The number of carbonyl (C=O) groups excluding carboxylic acids is 1. The first-order valence-electron chi connectivity index (χ1n) is 8.06. The van der Waals surface area contributed by atoms with E-state index in [1.165, 1.54) is 0 Å². The summed E-state index contributed by atoms with van der Waals surface area (Å²) in [6, 6.07) is 13.5. The molecule has 4 rings (SSSR count). The summed E-state index contributed by atoms with van der Waals surface area (Å²) >= 11 is 3.41. The number of hydrogen-bond donors (Lipinski definition) is 0. The summed E-state index contributed by atoms with van der Waals surface area (Å²) in [4.78, 5) is 14.8. The van der Waals surface area contributed by atoms with Crippen LogP contribution in [-0.2, 0) is 6.42 Å². The zero-order chi connectivity index (χ0) is 17.6. The molecule has 3 heterocycles. The SMILES string of the molecule is CC1c2cccc(C#N)c2CCN1C(=O)c1cc2ccc(Br)cn2n1. The molecule has 2 aromatic heterocycles. The lowest BCUT2D eigenvalue weighted by Gasteiger charge is -2.35. The maximum absolute atomic E-state index is 13.0. The van der Waals surface area contributed by atoms with Gasteiger partial charge in [0.15, 0.2) is 5.69 Å². The molecule has 0 spiro atoms. The first-order chi connectivity index (χ1) is 12.1. The van der Waals surface area contributed by atoms with Crippen LogP contribution in [0.25, 0.3) is 5.52 Å². The van der Waals surface area contributed by atoms with E-state index in [1.807, 2.05) is 54.4 Å². The van der Waals surface area contributed by atoms with Crippen molar-refractivity contribution in [1.82, 2.24) is 14.5 Å². The van der Waals surface area contributed by atoms with Gasteiger partial charge in [-0.15, -0.1) is 0 Å². The maximum atomic E-state index is 13.0. The fourth-order valence-corrected chi connectivity index (χ4v) is 3.79. The van der Waals surface area contributed by atoms with Crippen LogP contribution >= 0.6 is 15.9 Å². The van der Waals surface area contributed by atoms with Crippen molar-refractivity contribution in [3.8, 4) is 6.07 Å². The van der Waals surface area contributed by atoms with Gasteiger partial charge in [-0.1, -0.05) is 12.1 Å². The lowest BCUT2D eigenvalue weighted by atomic mass is 9.90. The van der Waals surface area contributed by atoms with Gasteiger partial charge in [0, 0.05) is 17.2 Å². The third-order valence-electron chi connectivity index (χ3n) is 4.76. The van der Waals surface area contributed by atoms with Gasteiger partial charge in [0.25, 0.3) is 5.91 Å². The van der Waals surface area contributed by atoms with Crippen LogP contribution in [0.1, 0.15) is 40.1 Å². The summed E-state index contributed by atoms with van der Waals surface area (Å²) in [5, 5.41) is 13.7. The van der Waals surface area contributed by atoms with Crippen LogP contribution in [0.5, 0.6) is 0 Å². The lowest BCUT2D eigenvalue weighted by molar-refractivity contribution is 0.0671. The molecule has 0 saturated heterocycles. The van der Waals surface area contributed by atoms with Crippen LogP contribution < -0.4 is 0 Å². The molecule has 0 bridgehead atoms. The number of benzene rings is 1. The second-order valence-corrected chi connectivity index (χ2v) is 7.07. The predicted octanol–water partition coefficient (Wildman–Crippen LogP) is 3.73. The van der Waals surface area contributed by atoms with Crippen LogP contribution in [0.4, 0.5) is 0 Å². The molecule has 1 amide bonds. The Bertz CT molecular complexity index is 1030. The van der Waals surface area contributed by atoms with Gasteiger partial charge in [-0.2, -0.15) is 10.4 Å². The van der Waals surface area contributed by atoms with Crippen molar-refractivity contribution < 1.29 is 4.79 Å². The third-order valence-corrected chi connectivity index (χ3v) is 5.23. The molecular weight excluding hydrogens is 380 g/mol. The van der Waals surface area contributed by atoms with Crippen LogP contribution in [-0.4, -0.2) is 27.0 Å². The van der Waals surface area contributed by atoms with Gasteiger partial charge in [0.1, 0.15) is 0 Å². The van der Waals surface area contributed by atoms with Crippen molar-refractivity contribution >= 4 is 27.4 Å². The van der Waals surface area contributed by atoms with Crippen molar-refractivity contribution in [2.75, 3.05) is 6.54 Å². The van der Waals surface area contributed by atoms with E-state index in [2.05, 4.69) is 27.1 Å². The minimum Gasteiger partial charge on any atom is -0.330 e. The summed E-state index contributed by atoms with van der Waals surface area (Å²) in [5.74, 6) is -0.0830. The molecule has 124 valence electrons. The van der Waals surface area contributed by atoms with Crippen LogP contribution in [0.15, 0.2) is 47.1 Å². The molecule has 0 aliphatic carbocycles. The van der Waals surface area contributed by atoms with Crippen LogP contribution in [0, 0.1) is 11.3 Å². The number of aromatic nitrogens is 2. The number of pyridine rings is 1. The highest BCUT2D eigenvalue weighted by molar-refractivity contribution is 9.10. The summed E-state index contributed by atoms with van der Waals surface area (Å²) in [7, 11) is 0. The molecule has 0 N–H and O–H groups in total. The molecule has 1 aliphatic rings. The van der Waals surface area contributed by atoms with E-state index in [1.54, 1.807) is 4.52 Å². The fraction of sp³-hybridized carbons (Fsp3) is 0.211. The van der Waals surface area contributed by atoms with E-state index in [4.69, 9.17) is 0 Å². The van der Waals surface area contributed by atoms with E-state index >= 15 is 0 Å². The van der Waals surface area contributed by atoms with Crippen LogP contribution in [0.2, 0.25) is 0 Å². The Morgan fingerprint density at radius 1 is 1.36 bits per heavy atom. The van der Waals surface area contributed by atoms with E-state index in [9.17, 15) is 10.1 Å². The molecule has 1 aromatic carbocycles. The number of halogens is 1. The van der Waals surface area contributed by atoms with Gasteiger partial charge >= 0.3 is 0 Å². The molecule has 0 fully saturated rings. The van der Waals surface area contributed by atoms with Gasteiger partial charge in [-0.25, -0.2) is 4.52 Å². The molecule has 3 aromatic rings. The molecule has 1 aliphatic heterocycles. The van der Waals surface area contributed by atoms with Crippen molar-refractivity contribution in [1.29, 1.82) is 5.26 Å². The van der Waals surface area contributed by atoms with Crippen molar-refractivity contribution in [2.45, 2.75) is 19.4 Å². The van der Waals surface area contributed by atoms with Gasteiger partial charge in [-0.05, 0) is 64.7 Å². The Labute approximate surface area is 153 Å². The maximum Gasteiger partial charge on any atom is 0.274 e. The fourth-order valence-electron chi connectivity index (χ4n) is 3.46. The molecule has 1 unspecified atom stereocenters. The number of carbonyl (C=O) groups is 1. The Morgan fingerprint density at radius 3 is 3.00 bits per heavy atom. The number of nitrogens with zero attached hydrogens (tertiary/aromatic N) is 4. The van der Waals surface area contributed by atoms with E-state index in [0.29, 0.717) is 24.2 Å². The molecule has 6 heteroatoms. The number of hydrogen-bond acceptors (Lipinski definition) is 3. The Balaban J connectivity index is 1.69. The quantitative estimate of drug-likeness (QED) is 0.631. The Morgan fingerprint density at radius 2 is 2.20 bits per heavy atom. The van der Waals surface area contributed by atoms with E-state index < -0.39 is 0 Å². The van der Waals surface area contributed by atoms with Gasteiger partial charge in [0.2, 0.25) is 0 Å². The van der Waals surface area contributed by atoms with Crippen molar-refractivity contribution in [2.24, 2.45) is 0 Å². The molecular formula is C19H15BrN4O. The topological polar surface area (TPSA) is 61.4 Å². The summed E-state index contributed by atoms with van der Waals surface area (Å²) < 4.78 is 2.61. The zero-order valence-electron chi connectivity index (χ0n) is 13.6. The number of rotatable bonds is 1. The highest BCUT2D eigenvalue weighted by atomic mass is 79.9. The standard InChI is InChI=1S/C19H15BrN4O/c1-12-16-4-2-3-13(10-21)17(16)7-8-23(12)19(25)18-9-15-6-5-14(20)11-24(15)22-18/h2-6,9,11-12H,7-8H2,1H3. The summed E-state index contributed by atoms with van der Waals surface area (Å²) in [6.07, 6.45) is 2.52. The minimum atomic E-state index is -0.0830. The van der Waals surface area contributed by atoms with Crippen molar-refractivity contribution in [3.63, 3.8) is 0 Å². The summed E-state index contributed by atoms with van der Waals surface area (Å²) in [5.41, 5.74) is 4.12. The number of amides is 1. The molecule has 5 nitrogen and oxygen atoms in total. The van der Waals surface area contributed by atoms with Gasteiger partial charge in [0.05, 0.1) is 23.2 Å². The van der Waals surface area contributed by atoms with E-state index in [-0.39, 0.29) is 11.9 Å². The zero-order valence-corrected chi connectivity index (χ0v) is 15.2. The highest BCUT2D eigenvalue weighted by Gasteiger charge is 2.30. The lowest BCUT2D eigenvalue weighted by Crippen LogP contribution is -2.39. The Hall–Kier alpha value is -2.65. The highest BCUT2D eigenvalue weighted by Crippen LogP contribution is 2.32. The average Bonchev–Trinajstić information content (AvgIpc) is 3.04. The third kappa shape index (κ3) is 2.61. The second kappa shape index (κ2) is 6.01. The predicted molar refractivity (Wildman–Crippen MR) is 97.2 cm³/mol. The molecule has 0 radical (unpaired) electrons. The molecule has 0 saturated carbocycles. The molecule has 1 atom stereocenters. The largest absolute Gasteiger partial charge is 0.330 e. The normalized spacial score (nSPS) is 16.5. The second-order valence-electron chi connectivity index (χ2n) is 6.16. The summed E-state index contributed by atoms with van der Waals surface area (Å²) in [6.45, 7) is 2.59. The van der Waals surface area contributed by atoms with Gasteiger partial charge in [-0.3, -0.25) is 4.79 Å². The monoisotopic (exact) mass is 394 g/mol. The average molecular weight is 395 g/mol. The first-order valence-corrected chi connectivity index (χ1v) is 8.85. The molecule has 25 heavy (non-hydrogen) atoms. The first kappa shape index (κ1) is 15.9.